The van der Waals surface area contributed by atoms with Crippen molar-refractivity contribution in [1.82, 2.24) is 5.32 Å². The molecule has 0 spiro atoms. The first-order valence-electron chi connectivity index (χ1n) is 6.11. The van der Waals surface area contributed by atoms with Crippen molar-refractivity contribution in [3.63, 3.8) is 0 Å². The molecule has 0 aromatic heterocycles. The Hall–Kier alpha value is -0.320. The Balaban J connectivity index is 2.00. The summed E-state index contributed by atoms with van der Waals surface area (Å²) >= 11 is 12.1. The van der Waals surface area contributed by atoms with Gasteiger partial charge in [0.2, 0.25) is 0 Å². The molecule has 1 aliphatic heterocycles. The third-order valence-corrected chi connectivity index (χ3v) is 3.71. The second kappa shape index (κ2) is 6.73. The van der Waals surface area contributed by atoms with E-state index in [4.69, 9.17) is 27.9 Å². The van der Waals surface area contributed by atoms with E-state index in [1.807, 2.05) is 0 Å². The van der Waals surface area contributed by atoms with Crippen LogP contribution in [0.4, 0.5) is 0 Å². The molecule has 0 saturated carbocycles. The minimum Gasteiger partial charge on any atom is -0.394 e. The largest absolute Gasteiger partial charge is 0.394 e. The lowest BCUT2D eigenvalue weighted by Gasteiger charge is -2.20. The lowest BCUT2D eigenvalue weighted by molar-refractivity contribution is 0.104. The van der Waals surface area contributed by atoms with E-state index >= 15 is 0 Å². The highest BCUT2D eigenvalue weighted by molar-refractivity contribution is 6.33. The third kappa shape index (κ3) is 3.59. The molecule has 1 heterocycles. The van der Waals surface area contributed by atoms with E-state index in [1.165, 1.54) is 0 Å². The van der Waals surface area contributed by atoms with Gasteiger partial charge in [0, 0.05) is 23.2 Å². The van der Waals surface area contributed by atoms with Crippen LogP contribution in [-0.2, 0) is 4.74 Å². The standard InChI is InChI=1S/C13H17Cl2NO2/c14-9-3-4-12(15)11(6-9)13(8-17)16-7-10-2-1-5-18-10/h3-4,6,10,13,16-17H,1-2,5,7-8H2. The van der Waals surface area contributed by atoms with E-state index < -0.39 is 0 Å². The minimum absolute atomic E-state index is 0.0210. The molecule has 1 aromatic rings. The first-order chi connectivity index (χ1) is 8.70. The van der Waals surface area contributed by atoms with Crippen molar-refractivity contribution in [2.45, 2.75) is 25.0 Å². The molecule has 1 aliphatic rings. The number of benzene rings is 1. The topological polar surface area (TPSA) is 41.5 Å². The fourth-order valence-corrected chi connectivity index (χ4v) is 2.56. The third-order valence-electron chi connectivity index (χ3n) is 3.13. The molecule has 1 aromatic carbocycles. The predicted molar refractivity (Wildman–Crippen MR) is 73.3 cm³/mol. The van der Waals surface area contributed by atoms with Crippen molar-refractivity contribution in [3.05, 3.63) is 33.8 Å². The molecule has 0 amide bonds. The number of rotatable bonds is 5. The molecule has 5 heteroatoms. The molecule has 2 N–H and O–H groups in total. The van der Waals surface area contributed by atoms with E-state index in [9.17, 15) is 5.11 Å². The molecular formula is C13H17Cl2NO2. The smallest absolute Gasteiger partial charge is 0.0700 e. The van der Waals surface area contributed by atoms with E-state index in [2.05, 4.69) is 5.32 Å². The van der Waals surface area contributed by atoms with Gasteiger partial charge in [-0.3, -0.25) is 0 Å². The summed E-state index contributed by atoms with van der Waals surface area (Å²) in [5.74, 6) is 0. The zero-order chi connectivity index (χ0) is 13.0. The van der Waals surface area contributed by atoms with Gasteiger partial charge >= 0.3 is 0 Å². The first kappa shape index (κ1) is 14.1. The van der Waals surface area contributed by atoms with Crippen LogP contribution in [-0.4, -0.2) is 31.0 Å². The molecule has 3 nitrogen and oxygen atoms in total. The van der Waals surface area contributed by atoms with Gasteiger partial charge in [0.05, 0.1) is 18.8 Å². The summed E-state index contributed by atoms with van der Waals surface area (Å²) in [6.07, 6.45) is 2.40. The van der Waals surface area contributed by atoms with Crippen molar-refractivity contribution >= 4 is 23.2 Å². The van der Waals surface area contributed by atoms with Crippen LogP contribution < -0.4 is 5.32 Å². The quantitative estimate of drug-likeness (QED) is 0.876. The monoisotopic (exact) mass is 289 g/mol. The van der Waals surface area contributed by atoms with Crippen LogP contribution in [0.5, 0.6) is 0 Å². The first-order valence-corrected chi connectivity index (χ1v) is 6.87. The Kier molecular flexibility index (Phi) is 5.27. The van der Waals surface area contributed by atoms with Gasteiger partial charge in [-0.05, 0) is 36.6 Å². The fourth-order valence-electron chi connectivity index (χ4n) is 2.13. The maximum Gasteiger partial charge on any atom is 0.0700 e. The van der Waals surface area contributed by atoms with Crippen LogP contribution in [0.3, 0.4) is 0 Å². The number of aliphatic hydroxyl groups is 1. The zero-order valence-corrected chi connectivity index (χ0v) is 11.5. The van der Waals surface area contributed by atoms with Gasteiger partial charge in [-0.25, -0.2) is 0 Å². The molecule has 0 bridgehead atoms. The Bertz CT molecular complexity index is 395. The maximum absolute atomic E-state index is 9.46. The molecule has 100 valence electrons. The van der Waals surface area contributed by atoms with Crippen LogP contribution >= 0.6 is 23.2 Å². The summed E-state index contributed by atoms with van der Waals surface area (Å²) in [5, 5.41) is 14.0. The van der Waals surface area contributed by atoms with Crippen LogP contribution in [0.15, 0.2) is 18.2 Å². The van der Waals surface area contributed by atoms with Gasteiger partial charge in [-0.1, -0.05) is 23.2 Å². The lowest BCUT2D eigenvalue weighted by atomic mass is 10.1. The molecule has 18 heavy (non-hydrogen) atoms. The molecule has 0 radical (unpaired) electrons. The van der Waals surface area contributed by atoms with Crippen molar-refractivity contribution in [3.8, 4) is 0 Å². The Morgan fingerprint density at radius 3 is 2.94 bits per heavy atom. The predicted octanol–water partition coefficient (Wildman–Crippen LogP) is 2.80. The normalized spacial score (nSPS) is 21.2. The summed E-state index contributed by atoms with van der Waals surface area (Å²) in [4.78, 5) is 0. The summed E-state index contributed by atoms with van der Waals surface area (Å²) in [6.45, 7) is 1.52. The van der Waals surface area contributed by atoms with E-state index in [-0.39, 0.29) is 18.8 Å². The molecule has 2 atom stereocenters. The summed E-state index contributed by atoms with van der Waals surface area (Å²) in [7, 11) is 0. The van der Waals surface area contributed by atoms with Gasteiger partial charge in [0.1, 0.15) is 0 Å². The van der Waals surface area contributed by atoms with Crippen molar-refractivity contribution in [2.75, 3.05) is 19.8 Å². The van der Waals surface area contributed by atoms with Crippen molar-refractivity contribution in [2.24, 2.45) is 0 Å². The zero-order valence-electron chi connectivity index (χ0n) is 10.0. The lowest BCUT2D eigenvalue weighted by Crippen LogP contribution is -2.32. The Morgan fingerprint density at radius 2 is 2.28 bits per heavy atom. The van der Waals surface area contributed by atoms with Crippen LogP contribution in [0.25, 0.3) is 0 Å². The van der Waals surface area contributed by atoms with Gasteiger partial charge in [-0.2, -0.15) is 0 Å². The number of hydrogen-bond acceptors (Lipinski definition) is 3. The fraction of sp³-hybridized carbons (Fsp3) is 0.538. The van der Waals surface area contributed by atoms with Gasteiger partial charge < -0.3 is 15.2 Å². The Labute approximate surface area is 117 Å². The number of halogens is 2. The van der Waals surface area contributed by atoms with E-state index in [1.54, 1.807) is 18.2 Å². The Morgan fingerprint density at radius 1 is 1.44 bits per heavy atom. The second-order valence-electron chi connectivity index (χ2n) is 4.44. The van der Waals surface area contributed by atoms with E-state index in [0.717, 1.165) is 25.0 Å². The number of nitrogens with one attached hydrogen (secondary N) is 1. The minimum atomic E-state index is -0.208. The number of ether oxygens (including phenoxy) is 1. The number of aliphatic hydroxyl groups excluding tert-OH is 1. The molecule has 1 saturated heterocycles. The van der Waals surface area contributed by atoms with Crippen LogP contribution in [0.1, 0.15) is 24.4 Å². The van der Waals surface area contributed by atoms with Crippen molar-refractivity contribution in [1.29, 1.82) is 0 Å². The molecule has 1 fully saturated rings. The molecule has 2 rings (SSSR count). The average Bonchev–Trinajstić information content (AvgIpc) is 2.87. The number of hydrogen-bond donors (Lipinski definition) is 2. The highest BCUT2D eigenvalue weighted by Crippen LogP contribution is 2.26. The summed E-state index contributed by atoms with van der Waals surface area (Å²) in [6, 6.07) is 5.06. The maximum atomic E-state index is 9.46. The van der Waals surface area contributed by atoms with Crippen molar-refractivity contribution < 1.29 is 9.84 Å². The van der Waals surface area contributed by atoms with Crippen LogP contribution in [0, 0.1) is 0 Å². The summed E-state index contributed by atoms with van der Waals surface area (Å²) < 4.78 is 5.53. The highest BCUT2D eigenvalue weighted by Gasteiger charge is 2.19. The molecule has 2 unspecified atom stereocenters. The molecular weight excluding hydrogens is 273 g/mol. The van der Waals surface area contributed by atoms with Gasteiger partial charge in [-0.15, -0.1) is 0 Å². The molecule has 0 aliphatic carbocycles. The van der Waals surface area contributed by atoms with Gasteiger partial charge in [0.15, 0.2) is 0 Å². The highest BCUT2D eigenvalue weighted by atomic mass is 35.5. The SMILES string of the molecule is OCC(NCC1CCCO1)c1cc(Cl)ccc1Cl. The van der Waals surface area contributed by atoms with E-state index in [0.29, 0.717) is 16.6 Å². The van der Waals surface area contributed by atoms with Crippen LogP contribution in [0.2, 0.25) is 10.0 Å². The average molecular weight is 290 g/mol. The summed E-state index contributed by atoms with van der Waals surface area (Å²) in [5.41, 5.74) is 0.824. The van der Waals surface area contributed by atoms with Gasteiger partial charge in [0.25, 0.3) is 0 Å². The second-order valence-corrected chi connectivity index (χ2v) is 5.29.